The van der Waals surface area contributed by atoms with E-state index in [1.54, 1.807) is 62.8 Å². The molecule has 0 radical (unpaired) electrons. The van der Waals surface area contributed by atoms with E-state index in [1.807, 2.05) is 0 Å². The Morgan fingerprint density at radius 2 is 1.25 bits per heavy atom. The zero-order valence-electron chi connectivity index (χ0n) is 11.3. The van der Waals surface area contributed by atoms with Crippen molar-refractivity contribution in [2.24, 2.45) is 0 Å². The molecule has 5 heteroatoms. The van der Waals surface area contributed by atoms with Gasteiger partial charge in [0, 0.05) is 5.69 Å². The van der Waals surface area contributed by atoms with Gasteiger partial charge >= 0.3 is 6.09 Å². The Kier molecular flexibility index (Phi) is 4.44. The Morgan fingerprint density at radius 3 is 1.75 bits per heavy atom. The van der Waals surface area contributed by atoms with Gasteiger partial charge in [-0.1, -0.05) is 0 Å². The van der Waals surface area contributed by atoms with Crippen LogP contribution in [0.5, 0.6) is 17.2 Å². The second-order valence-corrected chi connectivity index (χ2v) is 3.92. The van der Waals surface area contributed by atoms with Gasteiger partial charge in [-0.05, 0) is 48.5 Å². The van der Waals surface area contributed by atoms with Gasteiger partial charge < -0.3 is 14.2 Å². The number of nitrogens with one attached hydrogen (secondary N) is 1. The van der Waals surface area contributed by atoms with E-state index in [4.69, 9.17) is 14.2 Å². The molecule has 0 atom stereocenters. The van der Waals surface area contributed by atoms with Crippen molar-refractivity contribution in [2.45, 2.75) is 0 Å². The van der Waals surface area contributed by atoms with E-state index in [0.29, 0.717) is 17.2 Å². The molecule has 0 bridgehead atoms. The number of methoxy groups -OCH3 is 2. The van der Waals surface area contributed by atoms with Crippen LogP contribution in [0.15, 0.2) is 48.5 Å². The van der Waals surface area contributed by atoms with Gasteiger partial charge in [0.05, 0.1) is 14.2 Å². The number of carbonyl (C=O) groups excluding carboxylic acids is 1. The summed E-state index contributed by atoms with van der Waals surface area (Å²) in [5.74, 6) is 1.86. The van der Waals surface area contributed by atoms with Crippen LogP contribution in [0, 0.1) is 0 Å². The molecular formula is C15H15NO4. The average Bonchev–Trinajstić information content (AvgIpc) is 2.49. The standard InChI is InChI=1S/C15H15NO4/c1-18-12-5-3-11(4-6-12)16-15(17)20-14-9-7-13(19-2)8-10-14/h3-10H,1-2H3,(H,16,17). The molecule has 1 amide bonds. The number of rotatable bonds is 4. The molecule has 0 heterocycles. The quantitative estimate of drug-likeness (QED) is 0.928. The lowest BCUT2D eigenvalue weighted by molar-refractivity contribution is 0.215. The molecule has 1 N–H and O–H groups in total. The molecule has 0 aliphatic rings. The fourth-order valence-corrected chi connectivity index (χ4v) is 1.57. The zero-order chi connectivity index (χ0) is 14.4. The third-order valence-electron chi connectivity index (χ3n) is 2.61. The third-order valence-corrected chi connectivity index (χ3v) is 2.61. The molecule has 2 aromatic rings. The molecule has 5 nitrogen and oxygen atoms in total. The lowest BCUT2D eigenvalue weighted by Crippen LogP contribution is -2.16. The first-order valence-electron chi connectivity index (χ1n) is 5.98. The van der Waals surface area contributed by atoms with Crippen molar-refractivity contribution < 1.29 is 19.0 Å². The summed E-state index contributed by atoms with van der Waals surface area (Å²) in [6.07, 6.45) is -0.555. The molecule has 0 aliphatic heterocycles. The van der Waals surface area contributed by atoms with Crippen molar-refractivity contribution in [2.75, 3.05) is 19.5 Å². The normalized spacial score (nSPS) is 9.70. The van der Waals surface area contributed by atoms with Crippen LogP contribution in [0.1, 0.15) is 0 Å². The molecule has 20 heavy (non-hydrogen) atoms. The number of hydrogen-bond donors (Lipinski definition) is 1. The van der Waals surface area contributed by atoms with Gasteiger partial charge in [-0.15, -0.1) is 0 Å². The highest BCUT2D eigenvalue weighted by Gasteiger charge is 2.05. The fraction of sp³-hybridized carbons (Fsp3) is 0.133. The third kappa shape index (κ3) is 3.65. The predicted molar refractivity (Wildman–Crippen MR) is 75.6 cm³/mol. The molecule has 0 unspecified atom stereocenters. The van der Waals surface area contributed by atoms with Gasteiger partial charge in [0.1, 0.15) is 17.2 Å². The first-order chi connectivity index (χ1) is 9.71. The van der Waals surface area contributed by atoms with Crippen molar-refractivity contribution in [3.05, 3.63) is 48.5 Å². The Balaban J connectivity index is 1.93. The van der Waals surface area contributed by atoms with Crippen LogP contribution in [-0.2, 0) is 0 Å². The first-order valence-corrected chi connectivity index (χ1v) is 5.98. The summed E-state index contributed by atoms with van der Waals surface area (Å²) in [6, 6.07) is 13.7. The van der Waals surface area contributed by atoms with Crippen LogP contribution in [0.4, 0.5) is 10.5 Å². The second-order valence-electron chi connectivity index (χ2n) is 3.92. The molecule has 0 spiro atoms. The highest BCUT2D eigenvalue weighted by molar-refractivity contribution is 5.86. The predicted octanol–water partition coefficient (Wildman–Crippen LogP) is 3.31. The second kappa shape index (κ2) is 6.47. The summed E-state index contributed by atoms with van der Waals surface area (Å²) in [6.45, 7) is 0. The Morgan fingerprint density at radius 1 is 0.800 bits per heavy atom. The zero-order valence-corrected chi connectivity index (χ0v) is 11.3. The van der Waals surface area contributed by atoms with Gasteiger partial charge in [0.25, 0.3) is 0 Å². The molecule has 0 saturated heterocycles. The Bertz CT molecular complexity index is 512. The molecule has 2 rings (SSSR count). The van der Waals surface area contributed by atoms with E-state index in [2.05, 4.69) is 5.32 Å². The molecule has 104 valence electrons. The van der Waals surface area contributed by atoms with Gasteiger partial charge in [-0.3, -0.25) is 5.32 Å². The monoisotopic (exact) mass is 273 g/mol. The molecule has 0 fully saturated rings. The Labute approximate surface area is 117 Å². The highest BCUT2D eigenvalue weighted by Crippen LogP contribution is 2.18. The van der Waals surface area contributed by atoms with Crippen LogP contribution >= 0.6 is 0 Å². The largest absolute Gasteiger partial charge is 0.497 e. The average molecular weight is 273 g/mol. The van der Waals surface area contributed by atoms with Gasteiger partial charge in [0.15, 0.2) is 0 Å². The van der Waals surface area contributed by atoms with Gasteiger partial charge in [-0.25, -0.2) is 4.79 Å². The van der Waals surface area contributed by atoms with Crippen LogP contribution in [-0.4, -0.2) is 20.3 Å². The minimum atomic E-state index is -0.555. The lowest BCUT2D eigenvalue weighted by atomic mass is 10.3. The number of ether oxygens (including phenoxy) is 3. The van der Waals surface area contributed by atoms with E-state index in [1.165, 1.54) is 0 Å². The van der Waals surface area contributed by atoms with Crippen molar-refractivity contribution in [1.82, 2.24) is 0 Å². The SMILES string of the molecule is COc1ccc(NC(=O)Oc2ccc(OC)cc2)cc1. The summed E-state index contributed by atoms with van der Waals surface area (Å²) >= 11 is 0. The van der Waals surface area contributed by atoms with E-state index in [-0.39, 0.29) is 0 Å². The maximum Gasteiger partial charge on any atom is 0.417 e. The maximum atomic E-state index is 11.7. The number of benzene rings is 2. The van der Waals surface area contributed by atoms with Gasteiger partial charge in [0.2, 0.25) is 0 Å². The van der Waals surface area contributed by atoms with Crippen molar-refractivity contribution in [1.29, 1.82) is 0 Å². The molecule has 0 aromatic heterocycles. The van der Waals surface area contributed by atoms with Crippen LogP contribution in [0.2, 0.25) is 0 Å². The molecule has 0 saturated carbocycles. The maximum absolute atomic E-state index is 11.7. The van der Waals surface area contributed by atoms with E-state index in [0.717, 1.165) is 5.75 Å². The fourth-order valence-electron chi connectivity index (χ4n) is 1.57. The molecule has 0 aliphatic carbocycles. The summed E-state index contributed by atoms with van der Waals surface area (Å²) in [4.78, 5) is 11.7. The lowest BCUT2D eigenvalue weighted by Gasteiger charge is -2.07. The van der Waals surface area contributed by atoms with Crippen LogP contribution in [0.25, 0.3) is 0 Å². The van der Waals surface area contributed by atoms with Crippen LogP contribution in [0.3, 0.4) is 0 Å². The molecular weight excluding hydrogens is 258 g/mol. The summed E-state index contributed by atoms with van der Waals surface area (Å²) < 4.78 is 15.2. The van der Waals surface area contributed by atoms with Crippen LogP contribution < -0.4 is 19.5 Å². The van der Waals surface area contributed by atoms with E-state index in [9.17, 15) is 4.79 Å². The minimum absolute atomic E-state index is 0.441. The molecule has 2 aromatic carbocycles. The number of carbonyl (C=O) groups is 1. The van der Waals surface area contributed by atoms with Crippen molar-refractivity contribution in [3.8, 4) is 17.2 Å². The van der Waals surface area contributed by atoms with Crippen molar-refractivity contribution >= 4 is 11.8 Å². The van der Waals surface area contributed by atoms with E-state index < -0.39 is 6.09 Å². The minimum Gasteiger partial charge on any atom is -0.497 e. The Hall–Kier alpha value is -2.69. The summed E-state index contributed by atoms with van der Waals surface area (Å²) in [5.41, 5.74) is 0.629. The summed E-state index contributed by atoms with van der Waals surface area (Å²) in [7, 11) is 3.16. The van der Waals surface area contributed by atoms with Gasteiger partial charge in [-0.2, -0.15) is 0 Å². The van der Waals surface area contributed by atoms with E-state index >= 15 is 0 Å². The number of anilines is 1. The number of hydrogen-bond acceptors (Lipinski definition) is 4. The summed E-state index contributed by atoms with van der Waals surface area (Å²) in [5, 5.41) is 2.62. The topological polar surface area (TPSA) is 56.8 Å². The first kappa shape index (κ1) is 13.7. The smallest absolute Gasteiger partial charge is 0.417 e. The number of amides is 1. The van der Waals surface area contributed by atoms with Crippen molar-refractivity contribution in [3.63, 3.8) is 0 Å². The highest BCUT2D eigenvalue weighted by atomic mass is 16.6.